The van der Waals surface area contributed by atoms with Crippen molar-refractivity contribution in [3.63, 3.8) is 0 Å². The maximum atomic E-state index is 6.11. The Hall–Kier alpha value is -1.48. The van der Waals surface area contributed by atoms with Crippen LogP contribution in [0.15, 0.2) is 29.8 Å². The summed E-state index contributed by atoms with van der Waals surface area (Å²) in [6.07, 6.45) is 2.29. The average molecular weight is 259 g/mol. The maximum absolute atomic E-state index is 6.11. The highest BCUT2D eigenvalue weighted by Gasteiger charge is 2.25. The molecule has 0 fully saturated rings. The van der Waals surface area contributed by atoms with Gasteiger partial charge in [-0.2, -0.15) is 0 Å². The van der Waals surface area contributed by atoms with Crippen LogP contribution in [0.2, 0.25) is 0 Å². The summed E-state index contributed by atoms with van der Waals surface area (Å²) in [5.41, 5.74) is 10.7. The largest absolute Gasteiger partial charge is 0.397 e. The number of nitrogens with zero attached hydrogens (tertiary/aromatic N) is 1. The number of nitrogen functional groups attached to an aromatic ring is 1. The van der Waals surface area contributed by atoms with Gasteiger partial charge in [0.2, 0.25) is 0 Å². The average Bonchev–Trinajstić information content (AvgIpc) is 2.47. The molecule has 19 heavy (non-hydrogen) atoms. The third-order valence-electron chi connectivity index (χ3n) is 3.76. The number of nitrogens with two attached hydrogens (primary N) is 1. The van der Waals surface area contributed by atoms with E-state index in [1.165, 1.54) is 11.1 Å². The van der Waals surface area contributed by atoms with Gasteiger partial charge < -0.3 is 11.1 Å². The Kier molecular flexibility index (Phi) is 4.15. The number of anilines is 2. The van der Waals surface area contributed by atoms with E-state index in [0.717, 1.165) is 24.5 Å². The Bertz CT molecular complexity index is 475. The minimum Gasteiger partial charge on any atom is -0.397 e. The lowest BCUT2D eigenvalue weighted by atomic mass is 10.0. The van der Waals surface area contributed by atoms with Crippen molar-refractivity contribution in [1.29, 1.82) is 0 Å². The van der Waals surface area contributed by atoms with Crippen LogP contribution in [-0.4, -0.2) is 24.0 Å². The highest BCUT2D eigenvalue weighted by Crippen LogP contribution is 2.34. The second-order valence-electron chi connectivity index (χ2n) is 5.77. The van der Waals surface area contributed by atoms with E-state index < -0.39 is 0 Å². The number of fused-ring (bicyclic) bond motifs is 1. The molecule has 3 nitrogen and oxygen atoms in total. The normalized spacial score (nSPS) is 23.2. The fourth-order valence-electron chi connectivity index (χ4n) is 2.63. The van der Waals surface area contributed by atoms with Crippen molar-refractivity contribution in [3.8, 4) is 0 Å². The monoisotopic (exact) mass is 259 g/mol. The molecule has 1 heterocycles. The summed E-state index contributed by atoms with van der Waals surface area (Å²) in [5.74, 6) is 0. The van der Waals surface area contributed by atoms with Crippen LogP contribution in [-0.2, 0) is 0 Å². The minimum atomic E-state index is 0.381. The van der Waals surface area contributed by atoms with Crippen LogP contribution < -0.4 is 11.1 Å². The number of para-hydroxylation sites is 1. The highest BCUT2D eigenvalue weighted by atomic mass is 15.2. The lowest BCUT2D eigenvalue weighted by Crippen LogP contribution is -2.34. The zero-order valence-corrected chi connectivity index (χ0v) is 12.4. The molecule has 0 spiro atoms. The van der Waals surface area contributed by atoms with Gasteiger partial charge in [0.05, 0.1) is 11.4 Å². The van der Waals surface area contributed by atoms with Crippen LogP contribution in [0.3, 0.4) is 0 Å². The van der Waals surface area contributed by atoms with Gasteiger partial charge >= 0.3 is 0 Å². The summed E-state index contributed by atoms with van der Waals surface area (Å²) >= 11 is 0. The van der Waals surface area contributed by atoms with Crippen LogP contribution >= 0.6 is 0 Å². The topological polar surface area (TPSA) is 41.3 Å². The molecule has 104 valence electrons. The summed E-state index contributed by atoms with van der Waals surface area (Å²) in [7, 11) is 0. The van der Waals surface area contributed by atoms with Crippen molar-refractivity contribution in [1.82, 2.24) is 4.90 Å². The molecule has 0 saturated heterocycles. The third kappa shape index (κ3) is 3.10. The second-order valence-corrected chi connectivity index (χ2v) is 5.77. The molecule has 1 aromatic rings. The molecule has 2 rings (SSSR count). The quantitative estimate of drug-likeness (QED) is 0.631. The molecule has 3 heteroatoms. The molecule has 1 aliphatic heterocycles. The van der Waals surface area contributed by atoms with Crippen LogP contribution in [0.5, 0.6) is 0 Å². The van der Waals surface area contributed by atoms with Crippen LogP contribution in [0.1, 0.15) is 39.3 Å². The van der Waals surface area contributed by atoms with E-state index >= 15 is 0 Å². The standard InChI is InChI=1S/C16H25N3/c1-11(2)8-9-19-10-12(3)18-16-14(13(19)4)6-5-7-15(16)17/h5-8,12-13,18H,9-10,17H2,1-4H3/t12-,13-/m0/s1. The highest BCUT2D eigenvalue weighted by molar-refractivity contribution is 5.71. The van der Waals surface area contributed by atoms with E-state index in [1.807, 2.05) is 12.1 Å². The first kappa shape index (κ1) is 13.9. The van der Waals surface area contributed by atoms with E-state index in [1.54, 1.807) is 0 Å². The van der Waals surface area contributed by atoms with Gasteiger partial charge in [-0.15, -0.1) is 0 Å². The predicted octanol–water partition coefficient (Wildman–Crippen LogP) is 3.41. The second kappa shape index (κ2) is 5.66. The Labute approximate surface area is 116 Å². The molecule has 1 aliphatic rings. The maximum Gasteiger partial charge on any atom is 0.0624 e. The van der Waals surface area contributed by atoms with E-state index in [0.29, 0.717) is 12.1 Å². The Morgan fingerprint density at radius 1 is 1.42 bits per heavy atom. The van der Waals surface area contributed by atoms with E-state index in [-0.39, 0.29) is 0 Å². The summed E-state index contributed by atoms with van der Waals surface area (Å²) in [4.78, 5) is 2.50. The molecule has 0 saturated carbocycles. The molecule has 3 N–H and O–H groups in total. The minimum absolute atomic E-state index is 0.381. The fraction of sp³-hybridized carbons (Fsp3) is 0.500. The number of rotatable bonds is 2. The van der Waals surface area contributed by atoms with E-state index in [2.05, 4.69) is 50.1 Å². The first-order valence-electron chi connectivity index (χ1n) is 7.01. The number of nitrogens with one attached hydrogen (secondary N) is 1. The summed E-state index contributed by atoms with van der Waals surface area (Å²) in [6, 6.07) is 6.97. The van der Waals surface area contributed by atoms with Crippen molar-refractivity contribution < 1.29 is 0 Å². The van der Waals surface area contributed by atoms with Crippen LogP contribution in [0.4, 0.5) is 11.4 Å². The van der Waals surface area contributed by atoms with Gasteiger partial charge in [0, 0.05) is 25.2 Å². The van der Waals surface area contributed by atoms with Gasteiger partial charge in [-0.3, -0.25) is 4.90 Å². The summed E-state index contributed by atoms with van der Waals surface area (Å²) in [5, 5.41) is 3.55. The molecule has 1 aromatic carbocycles. The molecule has 0 amide bonds. The SMILES string of the molecule is CC(C)=CCN1C[C@H](C)Nc2c(N)cccc2[C@@H]1C. The zero-order valence-electron chi connectivity index (χ0n) is 12.4. The third-order valence-corrected chi connectivity index (χ3v) is 3.76. The number of allylic oxidation sites excluding steroid dienone is 1. The molecular weight excluding hydrogens is 234 g/mol. The first-order chi connectivity index (χ1) is 8.99. The lowest BCUT2D eigenvalue weighted by molar-refractivity contribution is 0.233. The molecule has 0 radical (unpaired) electrons. The number of hydrogen-bond acceptors (Lipinski definition) is 3. The lowest BCUT2D eigenvalue weighted by Gasteiger charge is -2.27. The van der Waals surface area contributed by atoms with Gasteiger partial charge in [0.25, 0.3) is 0 Å². The van der Waals surface area contributed by atoms with Crippen molar-refractivity contribution in [2.24, 2.45) is 0 Å². The van der Waals surface area contributed by atoms with E-state index in [4.69, 9.17) is 5.73 Å². The van der Waals surface area contributed by atoms with Crippen molar-refractivity contribution >= 4 is 11.4 Å². The van der Waals surface area contributed by atoms with Crippen molar-refractivity contribution in [2.45, 2.75) is 39.8 Å². The zero-order chi connectivity index (χ0) is 14.0. The van der Waals surface area contributed by atoms with E-state index in [9.17, 15) is 0 Å². The molecule has 0 aliphatic carbocycles. The number of benzene rings is 1. The Balaban J connectivity index is 2.33. The molecule has 0 bridgehead atoms. The van der Waals surface area contributed by atoms with Crippen molar-refractivity contribution in [2.75, 3.05) is 24.1 Å². The molecule has 2 atom stereocenters. The van der Waals surface area contributed by atoms with Gasteiger partial charge in [0.1, 0.15) is 0 Å². The van der Waals surface area contributed by atoms with Crippen LogP contribution in [0.25, 0.3) is 0 Å². The molecular formula is C16H25N3. The molecule has 0 aromatic heterocycles. The van der Waals surface area contributed by atoms with Crippen molar-refractivity contribution in [3.05, 3.63) is 35.4 Å². The molecule has 0 unspecified atom stereocenters. The first-order valence-corrected chi connectivity index (χ1v) is 7.01. The predicted molar refractivity (Wildman–Crippen MR) is 83.4 cm³/mol. The van der Waals surface area contributed by atoms with Gasteiger partial charge in [0.15, 0.2) is 0 Å². The Morgan fingerprint density at radius 3 is 2.84 bits per heavy atom. The summed E-state index contributed by atoms with van der Waals surface area (Å²) < 4.78 is 0. The Morgan fingerprint density at radius 2 is 2.16 bits per heavy atom. The van der Waals surface area contributed by atoms with Crippen LogP contribution in [0, 0.1) is 0 Å². The van der Waals surface area contributed by atoms with Gasteiger partial charge in [-0.25, -0.2) is 0 Å². The number of hydrogen-bond donors (Lipinski definition) is 2. The van der Waals surface area contributed by atoms with Gasteiger partial charge in [-0.1, -0.05) is 23.8 Å². The summed E-state index contributed by atoms with van der Waals surface area (Å²) in [6.45, 7) is 10.8. The van der Waals surface area contributed by atoms with Gasteiger partial charge in [-0.05, 0) is 39.3 Å². The smallest absolute Gasteiger partial charge is 0.0624 e. The fourth-order valence-corrected chi connectivity index (χ4v) is 2.63.